The molecule has 0 N–H and O–H groups in total. The maximum Gasteiger partial charge on any atom is 0.174 e. The highest BCUT2D eigenvalue weighted by Gasteiger charge is 2.17. The number of nitrogens with zero attached hydrogens (tertiary/aromatic N) is 1. The van der Waals surface area contributed by atoms with E-state index in [4.69, 9.17) is 0 Å². The quantitative estimate of drug-likeness (QED) is 0.589. The maximum absolute atomic E-state index is 12.4. The Morgan fingerprint density at radius 3 is 2.40 bits per heavy atom. The van der Waals surface area contributed by atoms with Crippen molar-refractivity contribution in [3.63, 3.8) is 0 Å². The third-order valence-electron chi connectivity index (χ3n) is 3.41. The Morgan fingerprint density at radius 2 is 1.85 bits per heavy atom. The minimum atomic E-state index is 0.207. The summed E-state index contributed by atoms with van der Waals surface area (Å²) >= 11 is 1.60. The molecule has 0 atom stereocenters. The fourth-order valence-electron chi connectivity index (χ4n) is 2.60. The second-order valence-electron chi connectivity index (χ2n) is 5.27. The van der Waals surface area contributed by atoms with Crippen molar-refractivity contribution in [3.8, 4) is 0 Å². The van der Waals surface area contributed by atoms with Crippen LogP contribution in [0.25, 0.3) is 0 Å². The Labute approximate surface area is 125 Å². The molecule has 2 aromatic rings. The molecule has 1 aromatic carbocycles. The van der Waals surface area contributed by atoms with Gasteiger partial charge in [0.25, 0.3) is 0 Å². The summed E-state index contributed by atoms with van der Waals surface area (Å²) in [4.78, 5) is 13.5. The third kappa shape index (κ3) is 3.15. The van der Waals surface area contributed by atoms with Crippen molar-refractivity contribution >= 4 is 17.5 Å². The predicted molar refractivity (Wildman–Crippen MR) is 85.8 cm³/mol. The molecule has 106 valence electrons. The van der Waals surface area contributed by atoms with Gasteiger partial charge in [-0.3, -0.25) is 4.79 Å². The summed E-state index contributed by atoms with van der Waals surface area (Å²) in [5.41, 5.74) is 3.10. The van der Waals surface area contributed by atoms with Gasteiger partial charge in [-0.25, -0.2) is 0 Å². The minimum Gasteiger partial charge on any atom is -0.346 e. The summed E-state index contributed by atoms with van der Waals surface area (Å²) in [6, 6.07) is 12.5. The summed E-state index contributed by atoms with van der Waals surface area (Å²) in [6.45, 7) is 8.39. The number of aromatic nitrogens is 1. The Balaban J connectivity index is 2.12. The van der Waals surface area contributed by atoms with Crippen molar-refractivity contribution in [3.05, 3.63) is 53.3 Å². The average Bonchev–Trinajstić information content (AvgIpc) is 2.72. The van der Waals surface area contributed by atoms with Crippen molar-refractivity contribution < 1.29 is 4.79 Å². The number of Topliss-reactive ketones (excluding diaryl/α,β-unsaturated/α-hetero) is 1. The van der Waals surface area contributed by atoms with Crippen molar-refractivity contribution in [2.75, 3.05) is 5.75 Å². The first-order valence-electron chi connectivity index (χ1n) is 6.90. The van der Waals surface area contributed by atoms with E-state index in [1.165, 1.54) is 0 Å². The molecular weight excluding hydrogens is 266 g/mol. The molecule has 3 heteroatoms. The van der Waals surface area contributed by atoms with Crippen LogP contribution in [0.1, 0.15) is 41.6 Å². The Kier molecular flexibility index (Phi) is 4.71. The summed E-state index contributed by atoms with van der Waals surface area (Å²) in [6.07, 6.45) is 0. The maximum atomic E-state index is 12.4. The first-order chi connectivity index (χ1) is 9.50. The molecule has 0 aliphatic carbocycles. The highest BCUT2D eigenvalue weighted by atomic mass is 32.2. The molecule has 1 heterocycles. The lowest BCUT2D eigenvalue weighted by Crippen LogP contribution is -2.08. The second kappa shape index (κ2) is 6.31. The number of hydrogen-bond acceptors (Lipinski definition) is 2. The van der Waals surface area contributed by atoms with Gasteiger partial charge >= 0.3 is 0 Å². The number of aryl methyl sites for hydroxylation is 1. The molecular formula is C17H21NOS. The monoisotopic (exact) mass is 287 g/mol. The number of hydrogen-bond donors (Lipinski definition) is 0. The Bertz CT molecular complexity index is 599. The molecule has 0 saturated heterocycles. The highest BCUT2D eigenvalue weighted by molar-refractivity contribution is 8.00. The van der Waals surface area contributed by atoms with Gasteiger partial charge in [-0.15, -0.1) is 11.8 Å². The Hall–Kier alpha value is -1.48. The topological polar surface area (TPSA) is 22.0 Å². The summed E-state index contributed by atoms with van der Waals surface area (Å²) in [5, 5.41) is 0. The van der Waals surface area contributed by atoms with Crippen molar-refractivity contribution in [2.45, 2.75) is 38.6 Å². The summed E-state index contributed by atoms with van der Waals surface area (Å²) < 4.78 is 2.22. The van der Waals surface area contributed by atoms with E-state index in [1.807, 2.05) is 43.3 Å². The van der Waals surface area contributed by atoms with E-state index in [0.717, 1.165) is 21.8 Å². The number of ketones is 1. The van der Waals surface area contributed by atoms with E-state index in [1.54, 1.807) is 11.8 Å². The van der Waals surface area contributed by atoms with E-state index in [-0.39, 0.29) is 5.78 Å². The SMILES string of the molecule is Cc1cc(C(=O)CSc2ccccc2)c(C)n1C(C)C. The van der Waals surface area contributed by atoms with Gasteiger partial charge in [0.1, 0.15) is 0 Å². The first kappa shape index (κ1) is 14.9. The zero-order valence-electron chi connectivity index (χ0n) is 12.5. The van der Waals surface area contributed by atoms with Crippen LogP contribution in [0.15, 0.2) is 41.3 Å². The fourth-order valence-corrected chi connectivity index (χ4v) is 3.40. The van der Waals surface area contributed by atoms with Crippen LogP contribution in [-0.4, -0.2) is 16.1 Å². The van der Waals surface area contributed by atoms with Gasteiger partial charge in [0, 0.05) is 27.9 Å². The number of rotatable bonds is 5. The van der Waals surface area contributed by atoms with Crippen molar-refractivity contribution in [1.29, 1.82) is 0 Å². The van der Waals surface area contributed by atoms with Crippen LogP contribution < -0.4 is 0 Å². The van der Waals surface area contributed by atoms with Crippen molar-refractivity contribution in [2.24, 2.45) is 0 Å². The van der Waals surface area contributed by atoms with Crippen LogP contribution in [0.5, 0.6) is 0 Å². The molecule has 2 nitrogen and oxygen atoms in total. The first-order valence-corrected chi connectivity index (χ1v) is 7.88. The number of thioether (sulfide) groups is 1. The highest BCUT2D eigenvalue weighted by Crippen LogP contribution is 2.23. The summed E-state index contributed by atoms with van der Waals surface area (Å²) in [7, 11) is 0. The van der Waals surface area contributed by atoms with E-state index in [2.05, 4.69) is 25.3 Å². The van der Waals surface area contributed by atoms with E-state index >= 15 is 0 Å². The molecule has 0 amide bonds. The van der Waals surface area contributed by atoms with E-state index < -0.39 is 0 Å². The lowest BCUT2D eigenvalue weighted by molar-refractivity contribution is 0.102. The molecule has 0 radical (unpaired) electrons. The van der Waals surface area contributed by atoms with Gasteiger partial charge in [-0.1, -0.05) is 18.2 Å². The summed E-state index contributed by atoms with van der Waals surface area (Å²) in [5.74, 6) is 0.700. The van der Waals surface area contributed by atoms with Gasteiger partial charge in [-0.05, 0) is 45.9 Å². The molecule has 20 heavy (non-hydrogen) atoms. The molecule has 0 unspecified atom stereocenters. The molecule has 1 aromatic heterocycles. The van der Waals surface area contributed by atoms with Crippen LogP contribution in [0.4, 0.5) is 0 Å². The number of benzene rings is 1. The minimum absolute atomic E-state index is 0.207. The van der Waals surface area contributed by atoms with Crippen LogP contribution in [-0.2, 0) is 0 Å². The van der Waals surface area contributed by atoms with E-state index in [9.17, 15) is 4.79 Å². The second-order valence-corrected chi connectivity index (χ2v) is 6.32. The van der Waals surface area contributed by atoms with Crippen LogP contribution >= 0.6 is 11.8 Å². The predicted octanol–water partition coefficient (Wildman–Crippen LogP) is 4.66. The number of carbonyl (C=O) groups excluding carboxylic acids is 1. The zero-order valence-corrected chi connectivity index (χ0v) is 13.3. The van der Waals surface area contributed by atoms with Gasteiger partial charge in [0.15, 0.2) is 5.78 Å². The van der Waals surface area contributed by atoms with Crippen LogP contribution in [0.2, 0.25) is 0 Å². The van der Waals surface area contributed by atoms with Gasteiger partial charge in [-0.2, -0.15) is 0 Å². The normalized spacial score (nSPS) is 11.1. The number of carbonyl (C=O) groups is 1. The smallest absolute Gasteiger partial charge is 0.174 e. The molecule has 0 fully saturated rings. The molecule has 0 aliphatic rings. The lowest BCUT2D eigenvalue weighted by atomic mass is 10.2. The molecule has 2 rings (SSSR count). The van der Waals surface area contributed by atoms with Crippen LogP contribution in [0, 0.1) is 13.8 Å². The van der Waals surface area contributed by atoms with Gasteiger partial charge < -0.3 is 4.57 Å². The van der Waals surface area contributed by atoms with Gasteiger partial charge in [0.05, 0.1) is 5.75 Å². The Morgan fingerprint density at radius 1 is 1.20 bits per heavy atom. The lowest BCUT2D eigenvalue weighted by Gasteiger charge is -2.13. The van der Waals surface area contributed by atoms with Gasteiger partial charge in [0.2, 0.25) is 0 Å². The largest absolute Gasteiger partial charge is 0.346 e. The van der Waals surface area contributed by atoms with E-state index in [0.29, 0.717) is 11.8 Å². The fraction of sp³-hybridized carbons (Fsp3) is 0.353. The standard InChI is InChI=1S/C17H21NOS/c1-12(2)18-13(3)10-16(14(18)4)17(19)11-20-15-8-6-5-7-9-15/h5-10,12H,11H2,1-4H3. The van der Waals surface area contributed by atoms with Crippen molar-refractivity contribution in [1.82, 2.24) is 4.57 Å². The molecule has 0 bridgehead atoms. The molecule has 0 aliphatic heterocycles. The molecule has 0 spiro atoms. The third-order valence-corrected chi connectivity index (χ3v) is 4.43. The van der Waals surface area contributed by atoms with Crippen LogP contribution in [0.3, 0.4) is 0 Å². The average molecular weight is 287 g/mol. The zero-order chi connectivity index (χ0) is 14.7. The molecule has 0 saturated carbocycles.